The first-order chi connectivity index (χ1) is 7.81. The van der Waals surface area contributed by atoms with Gasteiger partial charge < -0.3 is 4.57 Å². The van der Waals surface area contributed by atoms with Crippen molar-refractivity contribution < 1.29 is 0 Å². The Hall–Kier alpha value is -0.350. The Balaban J connectivity index is 1.86. The fourth-order valence-electron chi connectivity index (χ4n) is 2.41. The van der Waals surface area contributed by atoms with Gasteiger partial charge in [-0.15, -0.1) is 0 Å². The van der Waals surface area contributed by atoms with Crippen molar-refractivity contribution in [3.63, 3.8) is 0 Å². The lowest BCUT2D eigenvalue weighted by Gasteiger charge is -2.34. The van der Waals surface area contributed by atoms with Gasteiger partial charge in [-0.05, 0) is 26.3 Å². The van der Waals surface area contributed by atoms with Gasteiger partial charge in [-0.2, -0.15) is 0 Å². The minimum Gasteiger partial charge on any atom is -0.334 e. The van der Waals surface area contributed by atoms with E-state index in [1.54, 1.807) is 0 Å². The average Bonchev–Trinajstić information content (AvgIpc) is 2.72. The molecule has 3 nitrogen and oxygen atoms in total. The molecule has 0 aliphatic carbocycles. The molecule has 1 aromatic rings. The predicted octanol–water partition coefficient (Wildman–Crippen LogP) is 2.44. The first-order valence-corrected chi connectivity index (χ1v) is 7.21. The smallest absolute Gasteiger partial charge is 0.105 e. The highest BCUT2D eigenvalue weighted by molar-refractivity contribution is 9.09. The van der Waals surface area contributed by atoms with E-state index in [1.807, 2.05) is 6.20 Å². The number of nitrogens with zero attached hydrogens (tertiary/aromatic N) is 3. The topological polar surface area (TPSA) is 21.1 Å². The molecule has 1 saturated heterocycles. The van der Waals surface area contributed by atoms with Crippen LogP contribution in [0.4, 0.5) is 0 Å². The molecule has 90 valence electrons. The van der Waals surface area contributed by atoms with Gasteiger partial charge in [0.05, 0.1) is 0 Å². The maximum atomic E-state index is 4.25. The maximum Gasteiger partial charge on any atom is 0.105 e. The third-order valence-electron chi connectivity index (χ3n) is 3.48. The Kier molecular flexibility index (Phi) is 4.41. The van der Waals surface area contributed by atoms with E-state index in [2.05, 4.69) is 43.5 Å². The summed E-state index contributed by atoms with van der Waals surface area (Å²) >= 11 is 3.62. The van der Waals surface area contributed by atoms with Crippen LogP contribution in [0.1, 0.15) is 25.1 Å². The van der Waals surface area contributed by atoms with Crippen molar-refractivity contribution in [3.8, 4) is 0 Å². The van der Waals surface area contributed by atoms with E-state index >= 15 is 0 Å². The van der Waals surface area contributed by atoms with Crippen LogP contribution in [0, 0.1) is 6.92 Å². The summed E-state index contributed by atoms with van der Waals surface area (Å²) in [6.07, 6.45) is 8.04. The van der Waals surface area contributed by atoms with Crippen molar-refractivity contribution >= 4 is 15.9 Å². The molecule has 0 saturated carbocycles. The predicted molar refractivity (Wildman–Crippen MR) is 70.0 cm³/mol. The molecule has 1 aliphatic rings. The third kappa shape index (κ3) is 2.86. The Bertz CT molecular complexity index is 324. The molecule has 1 atom stereocenters. The summed E-state index contributed by atoms with van der Waals surface area (Å²) in [5, 5.41) is 1.11. The van der Waals surface area contributed by atoms with Crippen LogP contribution in [0.15, 0.2) is 12.4 Å². The molecule has 16 heavy (non-hydrogen) atoms. The lowest BCUT2D eigenvalue weighted by atomic mass is 10.0. The monoisotopic (exact) mass is 285 g/mol. The first kappa shape index (κ1) is 12.1. The molecule has 1 fully saturated rings. The van der Waals surface area contributed by atoms with Gasteiger partial charge in [-0.1, -0.05) is 22.4 Å². The van der Waals surface area contributed by atoms with Crippen molar-refractivity contribution in [2.75, 3.05) is 18.4 Å². The van der Waals surface area contributed by atoms with Crippen LogP contribution in [-0.4, -0.2) is 38.9 Å². The number of imidazole rings is 1. The first-order valence-electron chi connectivity index (χ1n) is 6.09. The highest BCUT2D eigenvalue weighted by atomic mass is 79.9. The minimum atomic E-state index is 0.734. The number of rotatable bonds is 4. The number of halogens is 1. The molecule has 2 heterocycles. The summed E-state index contributed by atoms with van der Waals surface area (Å²) in [6, 6.07) is 0.734. The number of likely N-dealkylation sites (tertiary alicyclic amines) is 1. The zero-order valence-corrected chi connectivity index (χ0v) is 11.5. The summed E-state index contributed by atoms with van der Waals surface area (Å²) in [5.41, 5.74) is 0. The number of hydrogen-bond acceptors (Lipinski definition) is 2. The molecule has 1 unspecified atom stereocenters. The van der Waals surface area contributed by atoms with Crippen molar-refractivity contribution in [3.05, 3.63) is 18.2 Å². The molecule has 0 aromatic carbocycles. The Morgan fingerprint density at radius 3 is 3.00 bits per heavy atom. The maximum absolute atomic E-state index is 4.25. The van der Waals surface area contributed by atoms with Gasteiger partial charge in [0.15, 0.2) is 0 Å². The molecule has 1 aliphatic heterocycles. The Morgan fingerprint density at radius 1 is 1.44 bits per heavy atom. The minimum absolute atomic E-state index is 0.734. The van der Waals surface area contributed by atoms with Crippen molar-refractivity contribution in [1.82, 2.24) is 14.5 Å². The highest BCUT2D eigenvalue weighted by Crippen LogP contribution is 2.18. The van der Waals surface area contributed by atoms with Crippen LogP contribution in [0.5, 0.6) is 0 Å². The Morgan fingerprint density at radius 2 is 2.31 bits per heavy atom. The zero-order chi connectivity index (χ0) is 11.4. The van der Waals surface area contributed by atoms with Gasteiger partial charge in [0, 0.05) is 36.9 Å². The largest absolute Gasteiger partial charge is 0.334 e. The van der Waals surface area contributed by atoms with Gasteiger partial charge in [0.2, 0.25) is 0 Å². The number of aromatic nitrogens is 2. The Labute approximate surface area is 106 Å². The van der Waals surface area contributed by atoms with Crippen LogP contribution in [-0.2, 0) is 6.54 Å². The van der Waals surface area contributed by atoms with Gasteiger partial charge in [-0.25, -0.2) is 4.98 Å². The van der Waals surface area contributed by atoms with E-state index in [1.165, 1.54) is 25.8 Å². The van der Waals surface area contributed by atoms with Crippen molar-refractivity contribution in [2.24, 2.45) is 0 Å². The molecular weight excluding hydrogens is 266 g/mol. The third-order valence-corrected chi connectivity index (χ3v) is 4.23. The average molecular weight is 286 g/mol. The number of alkyl halides is 1. The standard InChI is InChI=1S/C12H20BrN3/c1-11-14-5-7-15(11)8-9-16-6-3-2-4-12(16)10-13/h5,7,12H,2-4,6,8-10H2,1H3. The fraction of sp³-hybridized carbons (Fsp3) is 0.750. The summed E-state index contributed by atoms with van der Waals surface area (Å²) in [6.45, 7) is 5.53. The zero-order valence-electron chi connectivity index (χ0n) is 9.90. The van der Waals surface area contributed by atoms with E-state index in [4.69, 9.17) is 0 Å². The second-order valence-corrected chi connectivity index (χ2v) is 5.16. The van der Waals surface area contributed by atoms with Crippen LogP contribution in [0.2, 0.25) is 0 Å². The molecule has 0 amide bonds. The molecule has 2 rings (SSSR count). The highest BCUT2D eigenvalue weighted by Gasteiger charge is 2.20. The summed E-state index contributed by atoms with van der Waals surface area (Å²) in [5.74, 6) is 1.12. The van der Waals surface area contributed by atoms with Crippen molar-refractivity contribution in [2.45, 2.75) is 38.8 Å². The van der Waals surface area contributed by atoms with E-state index in [-0.39, 0.29) is 0 Å². The second-order valence-electron chi connectivity index (χ2n) is 4.51. The normalized spacial score (nSPS) is 22.5. The lowest BCUT2D eigenvalue weighted by molar-refractivity contribution is 0.159. The van der Waals surface area contributed by atoms with Gasteiger partial charge in [0.1, 0.15) is 5.82 Å². The lowest BCUT2D eigenvalue weighted by Crippen LogP contribution is -2.42. The quantitative estimate of drug-likeness (QED) is 0.793. The van der Waals surface area contributed by atoms with Gasteiger partial charge >= 0.3 is 0 Å². The molecule has 1 aromatic heterocycles. The number of hydrogen-bond donors (Lipinski definition) is 0. The molecule has 0 bridgehead atoms. The van der Waals surface area contributed by atoms with E-state index in [0.717, 1.165) is 30.3 Å². The number of piperidine rings is 1. The summed E-state index contributed by atoms with van der Waals surface area (Å²) < 4.78 is 2.24. The van der Waals surface area contributed by atoms with Crippen LogP contribution in [0.3, 0.4) is 0 Å². The van der Waals surface area contributed by atoms with Crippen LogP contribution >= 0.6 is 15.9 Å². The van der Waals surface area contributed by atoms with Crippen LogP contribution < -0.4 is 0 Å². The molecule has 0 spiro atoms. The summed E-state index contributed by atoms with van der Waals surface area (Å²) in [7, 11) is 0. The van der Waals surface area contributed by atoms with Gasteiger partial charge in [-0.3, -0.25) is 4.90 Å². The fourth-order valence-corrected chi connectivity index (χ4v) is 3.14. The van der Waals surface area contributed by atoms with Crippen molar-refractivity contribution in [1.29, 1.82) is 0 Å². The molecule has 4 heteroatoms. The molecule has 0 N–H and O–H groups in total. The van der Waals surface area contributed by atoms with E-state index in [9.17, 15) is 0 Å². The molecule has 0 radical (unpaired) electrons. The van der Waals surface area contributed by atoms with E-state index < -0.39 is 0 Å². The van der Waals surface area contributed by atoms with Crippen LogP contribution in [0.25, 0.3) is 0 Å². The SMILES string of the molecule is Cc1nccn1CCN1CCCCC1CBr. The second kappa shape index (κ2) is 5.82. The molecular formula is C12H20BrN3. The van der Waals surface area contributed by atoms with E-state index in [0.29, 0.717) is 0 Å². The number of aryl methyl sites for hydroxylation is 1. The summed E-state index contributed by atoms with van der Waals surface area (Å²) in [4.78, 5) is 6.86. The van der Waals surface area contributed by atoms with Gasteiger partial charge in [0.25, 0.3) is 0 Å².